The Morgan fingerprint density at radius 3 is 2.75 bits per heavy atom. The number of aliphatic hydroxyl groups excluding tert-OH is 1. The molecule has 1 atom stereocenters. The topological polar surface area (TPSA) is 52.6 Å². The Morgan fingerprint density at radius 1 is 1.40 bits per heavy atom. The molecule has 0 saturated carbocycles. The van der Waals surface area contributed by atoms with Gasteiger partial charge in [0.25, 0.3) is 5.91 Å². The van der Waals surface area contributed by atoms with Crippen molar-refractivity contribution in [2.45, 2.75) is 39.2 Å². The van der Waals surface area contributed by atoms with Crippen LogP contribution in [0.2, 0.25) is 0 Å². The van der Waals surface area contributed by atoms with Crippen molar-refractivity contribution in [3.8, 4) is 0 Å². The Labute approximate surface area is 120 Å². The van der Waals surface area contributed by atoms with E-state index in [9.17, 15) is 4.79 Å². The van der Waals surface area contributed by atoms with Crippen LogP contribution in [0.4, 0.5) is 5.69 Å². The van der Waals surface area contributed by atoms with Crippen LogP contribution >= 0.6 is 0 Å². The lowest BCUT2D eigenvalue weighted by molar-refractivity contribution is 0.0935. The van der Waals surface area contributed by atoms with E-state index in [0.717, 1.165) is 29.9 Å². The molecule has 1 amide bonds. The number of carbonyl (C=O) groups is 1. The minimum atomic E-state index is -0.0449. The number of aryl methyl sites for hydroxylation is 1. The molecule has 1 aliphatic heterocycles. The maximum Gasteiger partial charge on any atom is 0.253 e. The molecule has 0 spiro atoms. The number of nitrogens with zero attached hydrogens (tertiary/aromatic N) is 1. The molecule has 1 fully saturated rings. The summed E-state index contributed by atoms with van der Waals surface area (Å²) >= 11 is 0. The molecular weight excluding hydrogens is 252 g/mol. The molecule has 1 aromatic rings. The van der Waals surface area contributed by atoms with E-state index in [1.165, 1.54) is 12.8 Å². The first-order valence-electron chi connectivity index (χ1n) is 7.39. The molecule has 1 aromatic carbocycles. The lowest BCUT2D eigenvalue weighted by atomic mass is 10.1. The molecule has 0 aromatic heterocycles. The van der Waals surface area contributed by atoms with Crippen molar-refractivity contribution in [1.29, 1.82) is 0 Å². The number of hydrogen-bond acceptors (Lipinski definition) is 3. The van der Waals surface area contributed by atoms with Gasteiger partial charge in [-0.3, -0.25) is 4.79 Å². The minimum absolute atomic E-state index is 0.0144. The molecule has 0 aliphatic carbocycles. The highest BCUT2D eigenvalue weighted by Crippen LogP contribution is 2.25. The molecule has 4 nitrogen and oxygen atoms in total. The van der Waals surface area contributed by atoms with Crippen molar-refractivity contribution >= 4 is 11.6 Å². The van der Waals surface area contributed by atoms with Crippen LogP contribution < -0.4 is 10.2 Å². The van der Waals surface area contributed by atoms with E-state index in [4.69, 9.17) is 5.11 Å². The molecular formula is C16H24N2O2. The summed E-state index contributed by atoms with van der Waals surface area (Å²) in [5, 5.41) is 11.9. The Bertz CT molecular complexity index is 468. The van der Waals surface area contributed by atoms with Crippen molar-refractivity contribution in [2.75, 3.05) is 24.6 Å². The Balaban J connectivity index is 2.20. The summed E-state index contributed by atoms with van der Waals surface area (Å²) in [5.41, 5.74) is 2.87. The molecule has 110 valence electrons. The van der Waals surface area contributed by atoms with Gasteiger partial charge < -0.3 is 15.3 Å². The van der Waals surface area contributed by atoms with Gasteiger partial charge in [0.1, 0.15) is 0 Å². The Hall–Kier alpha value is -1.55. The van der Waals surface area contributed by atoms with E-state index in [2.05, 4.69) is 16.3 Å². The first kappa shape index (κ1) is 14.9. The minimum Gasteiger partial charge on any atom is -0.396 e. The van der Waals surface area contributed by atoms with Gasteiger partial charge in [-0.15, -0.1) is 0 Å². The normalized spacial score (nSPS) is 16.2. The fourth-order valence-electron chi connectivity index (χ4n) is 2.63. The van der Waals surface area contributed by atoms with Gasteiger partial charge in [-0.25, -0.2) is 0 Å². The standard InChI is InChI=1S/C16H24N2O2/c1-12-5-6-15(18-8-3-4-9-18)14(11-12)16(20)17-13(2)7-10-19/h5-6,11,13,19H,3-4,7-10H2,1-2H3,(H,17,20). The van der Waals surface area contributed by atoms with E-state index in [1.54, 1.807) is 0 Å². The fraction of sp³-hybridized carbons (Fsp3) is 0.562. The van der Waals surface area contributed by atoms with Gasteiger partial charge >= 0.3 is 0 Å². The second-order valence-corrected chi connectivity index (χ2v) is 5.60. The van der Waals surface area contributed by atoms with Crippen LogP contribution in [-0.4, -0.2) is 36.8 Å². The highest BCUT2D eigenvalue weighted by atomic mass is 16.3. The molecule has 20 heavy (non-hydrogen) atoms. The van der Waals surface area contributed by atoms with Crippen LogP contribution in [0.1, 0.15) is 42.1 Å². The van der Waals surface area contributed by atoms with Crippen LogP contribution in [0.15, 0.2) is 18.2 Å². The molecule has 2 N–H and O–H groups in total. The zero-order valence-corrected chi connectivity index (χ0v) is 12.4. The molecule has 0 radical (unpaired) electrons. The van der Waals surface area contributed by atoms with E-state index < -0.39 is 0 Å². The summed E-state index contributed by atoms with van der Waals surface area (Å²) in [5.74, 6) is -0.0449. The van der Waals surface area contributed by atoms with Crippen molar-refractivity contribution in [2.24, 2.45) is 0 Å². The van der Waals surface area contributed by atoms with Crippen LogP contribution in [0, 0.1) is 6.92 Å². The van der Waals surface area contributed by atoms with Crippen molar-refractivity contribution in [3.63, 3.8) is 0 Å². The summed E-state index contributed by atoms with van der Waals surface area (Å²) in [6.07, 6.45) is 2.96. The van der Waals surface area contributed by atoms with Crippen LogP contribution in [-0.2, 0) is 0 Å². The third kappa shape index (κ3) is 3.51. The summed E-state index contributed by atoms with van der Waals surface area (Å²) in [4.78, 5) is 14.7. The van der Waals surface area contributed by atoms with Crippen LogP contribution in [0.25, 0.3) is 0 Å². The van der Waals surface area contributed by atoms with Gasteiger partial charge in [-0.2, -0.15) is 0 Å². The van der Waals surface area contributed by atoms with Crippen molar-refractivity contribution < 1.29 is 9.90 Å². The lowest BCUT2D eigenvalue weighted by Crippen LogP contribution is -2.34. The van der Waals surface area contributed by atoms with Gasteiger partial charge in [0, 0.05) is 31.4 Å². The fourth-order valence-corrected chi connectivity index (χ4v) is 2.63. The van der Waals surface area contributed by atoms with Crippen molar-refractivity contribution in [3.05, 3.63) is 29.3 Å². The quantitative estimate of drug-likeness (QED) is 0.866. The monoisotopic (exact) mass is 276 g/mol. The van der Waals surface area contributed by atoms with E-state index >= 15 is 0 Å². The molecule has 2 rings (SSSR count). The third-order valence-corrected chi connectivity index (χ3v) is 3.78. The molecule has 1 heterocycles. The molecule has 0 bridgehead atoms. The number of nitrogens with one attached hydrogen (secondary N) is 1. The Morgan fingerprint density at radius 2 is 2.10 bits per heavy atom. The first-order chi connectivity index (χ1) is 9.61. The maximum atomic E-state index is 12.4. The first-order valence-corrected chi connectivity index (χ1v) is 7.39. The number of rotatable bonds is 5. The molecule has 4 heteroatoms. The number of benzene rings is 1. The van der Waals surface area contributed by atoms with Gasteiger partial charge in [-0.1, -0.05) is 11.6 Å². The highest BCUT2D eigenvalue weighted by molar-refractivity contribution is 6.00. The zero-order chi connectivity index (χ0) is 14.5. The number of aliphatic hydroxyl groups is 1. The summed E-state index contributed by atoms with van der Waals surface area (Å²) in [7, 11) is 0. The van der Waals surface area contributed by atoms with Gasteiger partial charge in [0.05, 0.1) is 5.56 Å². The predicted molar refractivity (Wildman–Crippen MR) is 81.3 cm³/mol. The van der Waals surface area contributed by atoms with Crippen LogP contribution in [0.3, 0.4) is 0 Å². The van der Waals surface area contributed by atoms with Gasteiger partial charge in [0.15, 0.2) is 0 Å². The lowest BCUT2D eigenvalue weighted by Gasteiger charge is -2.22. The summed E-state index contributed by atoms with van der Waals surface area (Å²) in [6, 6.07) is 6.04. The van der Waals surface area contributed by atoms with Gasteiger partial charge in [0.2, 0.25) is 0 Å². The number of hydrogen-bond donors (Lipinski definition) is 2. The second kappa shape index (κ2) is 6.75. The van der Waals surface area contributed by atoms with E-state index in [0.29, 0.717) is 6.42 Å². The maximum absolute atomic E-state index is 12.4. The number of anilines is 1. The Kier molecular flexibility index (Phi) is 5.01. The largest absolute Gasteiger partial charge is 0.396 e. The van der Waals surface area contributed by atoms with E-state index in [1.807, 2.05) is 26.0 Å². The smallest absolute Gasteiger partial charge is 0.253 e. The SMILES string of the molecule is Cc1ccc(N2CCCC2)c(C(=O)NC(C)CCO)c1. The predicted octanol–water partition coefficient (Wildman–Crippen LogP) is 2.10. The highest BCUT2D eigenvalue weighted by Gasteiger charge is 2.20. The average molecular weight is 276 g/mol. The summed E-state index contributed by atoms with van der Waals surface area (Å²) in [6.45, 7) is 6.06. The number of carbonyl (C=O) groups excluding carboxylic acids is 1. The second-order valence-electron chi connectivity index (χ2n) is 5.60. The zero-order valence-electron chi connectivity index (χ0n) is 12.4. The molecule has 1 aliphatic rings. The van der Waals surface area contributed by atoms with Gasteiger partial charge in [-0.05, 0) is 45.2 Å². The summed E-state index contributed by atoms with van der Waals surface area (Å²) < 4.78 is 0. The molecule has 1 saturated heterocycles. The van der Waals surface area contributed by atoms with Crippen LogP contribution in [0.5, 0.6) is 0 Å². The third-order valence-electron chi connectivity index (χ3n) is 3.78. The van der Waals surface area contributed by atoms with E-state index in [-0.39, 0.29) is 18.6 Å². The number of amides is 1. The molecule has 1 unspecified atom stereocenters. The van der Waals surface area contributed by atoms with Crippen molar-refractivity contribution in [1.82, 2.24) is 5.32 Å². The average Bonchev–Trinajstić information content (AvgIpc) is 2.92.